The molecule has 0 spiro atoms. The van der Waals surface area contributed by atoms with Gasteiger partial charge >= 0.3 is 17.9 Å². The van der Waals surface area contributed by atoms with Crippen molar-refractivity contribution in [3.63, 3.8) is 0 Å². The highest BCUT2D eigenvalue weighted by Gasteiger charge is 2.58. The van der Waals surface area contributed by atoms with Gasteiger partial charge in [-0.05, 0) is 32.4 Å². The minimum absolute atomic E-state index is 0.158. The molecule has 7 nitrogen and oxygen atoms in total. The first-order valence-electron chi connectivity index (χ1n) is 9.31. The van der Waals surface area contributed by atoms with Crippen LogP contribution in [0.15, 0.2) is 36.0 Å². The van der Waals surface area contributed by atoms with Crippen LogP contribution in [0.2, 0.25) is 0 Å². The number of rotatable bonds is 3. The minimum Gasteiger partial charge on any atom is -0.458 e. The van der Waals surface area contributed by atoms with E-state index >= 15 is 0 Å². The molecule has 3 rings (SSSR count). The Bertz CT molecular complexity index is 780. The number of epoxide rings is 1. The zero-order chi connectivity index (χ0) is 20.8. The second-order valence-corrected chi connectivity index (χ2v) is 8.01. The van der Waals surface area contributed by atoms with Gasteiger partial charge < -0.3 is 18.9 Å². The highest BCUT2D eigenvalue weighted by atomic mass is 16.6. The standard InChI is InChI=1S/C21H26O7/c1-10(2)19(23)27-16-9-21(6)17(28-21)8-14(25-13(5)22)11(3)7-15-18(16)12(4)20(24)26-15/h7,14-18H,1,4,8-9H2,2-3,5-6H3/b11-7-/t14-,15+,16+,17?,18?,21+/m0/s1. The van der Waals surface area contributed by atoms with Gasteiger partial charge in [0.2, 0.25) is 0 Å². The number of esters is 3. The molecule has 2 unspecified atom stereocenters. The Labute approximate surface area is 164 Å². The maximum Gasteiger partial charge on any atom is 0.334 e. The van der Waals surface area contributed by atoms with Crippen LogP contribution in [0, 0.1) is 5.92 Å². The normalized spacial score (nSPS) is 38.9. The van der Waals surface area contributed by atoms with Gasteiger partial charge in [0, 0.05) is 30.9 Å². The minimum atomic E-state index is -0.667. The van der Waals surface area contributed by atoms with E-state index in [9.17, 15) is 14.4 Å². The lowest BCUT2D eigenvalue weighted by Crippen LogP contribution is -2.38. The first kappa shape index (κ1) is 20.3. The molecule has 0 radical (unpaired) electrons. The third-order valence-electron chi connectivity index (χ3n) is 5.58. The van der Waals surface area contributed by atoms with Crippen molar-refractivity contribution in [3.05, 3.63) is 36.0 Å². The second-order valence-electron chi connectivity index (χ2n) is 8.01. The zero-order valence-electron chi connectivity index (χ0n) is 16.7. The summed E-state index contributed by atoms with van der Waals surface area (Å²) in [5.41, 5.74) is 0.702. The van der Waals surface area contributed by atoms with Gasteiger partial charge in [-0.15, -0.1) is 0 Å². The van der Waals surface area contributed by atoms with E-state index in [1.807, 2.05) is 13.8 Å². The molecule has 0 aromatic carbocycles. The Hall–Kier alpha value is -2.41. The van der Waals surface area contributed by atoms with E-state index in [0.717, 1.165) is 5.57 Å². The first-order chi connectivity index (χ1) is 13.0. The smallest absolute Gasteiger partial charge is 0.334 e. The lowest BCUT2D eigenvalue weighted by molar-refractivity contribution is -0.149. The van der Waals surface area contributed by atoms with Crippen LogP contribution < -0.4 is 0 Å². The van der Waals surface area contributed by atoms with Crippen LogP contribution in [0.1, 0.15) is 40.5 Å². The van der Waals surface area contributed by atoms with Crippen LogP contribution in [0.5, 0.6) is 0 Å². The maximum atomic E-state index is 12.2. The topological polar surface area (TPSA) is 91.4 Å². The van der Waals surface area contributed by atoms with Crippen molar-refractivity contribution < 1.29 is 33.3 Å². The third kappa shape index (κ3) is 3.90. The van der Waals surface area contributed by atoms with Crippen molar-refractivity contribution >= 4 is 17.9 Å². The number of hydrogen-bond acceptors (Lipinski definition) is 7. The summed E-state index contributed by atoms with van der Waals surface area (Å²) in [6, 6.07) is 0. The Morgan fingerprint density at radius 1 is 1.29 bits per heavy atom. The largest absolute Gasteiger partial charge is 0.458 e. The molecule has 6 atom stereocenters. The van der Waals surface area contributed by atoms with Gasteiger partial charge in [-0.1, -0.05) is 13.2 Å². The quantitative estimate of drug-likeness (QED) is 0.240. The van der Waals surface area contributed by atoms with Crippen molar-refractivity contribution in [2.75, 3.05) is 0 Å². The summed E-state index contributed by atoms with van der Waals surface area (Å²) in [6.45, 7) is 14.1. The van der Waals surface area contributed by atoms with Crippen LogP contribution in [-0.4, -0.2) is 47.9 Å². The molecular formula is C21H26O7. The fourth-order valence-corrected chi connectivity index (χ4v) is 3.92. The predicted molar refractivity (Wildman–Crippen MR) is 99.0 cm³/mol. The van der Waals surface area contributed by atoms with Crippen LogP contribution in [-0.2, 0) is 33.3 Å². The fourth-order valence-electron chi connectivity index (χ4n) is 3.92. The van der Waals surface area contributed by atoms with Crippen molar-refractivity contribution in [3.8, 4) is 0 Å². The van der Waals surface area contributed by atoms with Crippen LogP contribution >= 0.6 is 0 Å². The van der Waals surface area contributed by atoms with E-state index in [2.05, 4.69) is 13.2 Å². The van der Waals surface area contributed by atoms with Gasteiger partial charge in [0.15, 0.2) is 0 Å². The van der Waals surface area contributed by atoms with E-state index in [4.69, 9.17) is 18.9 Å². The number of ether oxygens (including phenoxy) is 4. The molecule has 0 amide bonds. The lowest BCUT2D eigenvalue weighted by Gasteiger charge is -2.29. The summed E-state index contributed by atoms with van der Waals surface area (Å²) in [4.78, 5) is 35.9. The van der Waals surface area contributed by atoms with E-state index < -0.39 is 47.7 Å². The fraction of sp³-hybridized carbons (Fsp3) is 0.571. The predicted octanol–water partition coefficient (Wildman–Crippen LogP) is 2.40. The van der Waals surface area contributed by atoms with E-state index in [-0.39, 0.29) is 17.3 Å². The SMILES string of the molecule is C=C(C)C(=O)O[C@@H]1C[C@@]2(C)OC2C[C@H](OC(C)=O)/C(C)=C\[C@H]2OC(=O)C(=C)C21. The average molecular weight is 390 g/mol. The molecule has 3 aliphatic rings. The summed E-state index contributed by atoms with van der Waals surface area (Å²) in [7, 11) is 0. The van der Waals surface area contributed by atoms with E-state index in [1.165, 1.54) is 6.92 Å². The summed E-state index contributed by atoms with van der Waals surface area (Å²) >= 11 is 0. The number of carbonyl (C=O) groups is 3. The monoisotopic (exact) mass is 390 g/mol. The summed E-state index contributed by atoms with van der Waals surface area (Å²) in [5.74, 6) is -2.01. The van der Waals surface area contributed by atoms with Gasteiger partial charge in [-0.2, -0.15) is 0 Å². The molecular weight excluding hydrogens is 364 g/mol. The maximum absolute atomic E-state index is 12.2. The Balaban J connectivity index is 1.99. The molecule has 1 aliphatic carbocycles. The van der Waals surface area contributed by atoms with Crippen molar-refractivity contribution in [2.24, 2.45) is 5.92 Å². The molecule has 2 aliphatic heterocycles. The lowest BCUT2D eigenvalue weighted by atomic mass is 9.82. The molecule has 0 aromatic heterocycles. The van der Waals surface area contributed by atoms with Gasteiger partial charge in [-0.25, -0.2) is 9.59 Å². The zero-order valence-corrected chi connectivity index (χ0v) is 16.7. The molecule has 0 saturated carbocycles. The van der Waals surface area contributed by atoms with E-state index in [0.29, 0.717) is 12.8 Å². The number of carbonyl (C=O) groups excluding carboxylic acids is 3. The summed E-state index contributed by atoms with van der Waals surface area (Å²) in [5, 5.41) is 0. The summed E-state index contributed by atoms with van der Waals surface area (Å²) in [6.07, 6.45) is 0.638. The molecule has 0 bridgehead atoms. The Morgan fingerprint density at radius 3 is 2.57 bits per heavy atom. The van der Waals surface area contributed by atoms with Crippen molar-refractivity contribution in [1.82, 2.24) is 0 Å². The van der Waals surface area contributed by atoms with Gasteiger partial charge in [0.1, 0.15) is 18.3 Å². The molecule has 2 heterocycles. The molecule has 28 heavy (non-hydrogen) atoms. The van der Waals surface area contributed by atoms with Crippen LogP contribution in [0.3, 0.4) is 0 Å². The molecule has 152 valence electrons. The number of hydrogen-bond donors (Lipinski definition) is 0. The van der Waals surface area contributed by atoms with Crippen molar-refractivity contribution in [2.45, 2.75) is 70.6 Å². The van der Waals surface area contributed by atoms with Crippen LogP contribution in [0.4, 0.5) is 0 Å². The Kier molecular flexibility index (Phi) is 5.23. The molecule has 2 saturated heterocycles. The molecule has 0 N–H and O–H groups in total. The molecule has 7 heteroatoms. The first-order valence-corrected chi connectivity index (χ1v) is 9.31. The van der Waals surface area contributed by atoms with Gasteiger partial charge in [0.25, 0.3) is 0 Å². The number of fused-ring (bicyclic) bond motifs is 2. The second kappa shape index (κ2) is 7.20. The molecule has 2 fully saturated rings. The van der Waals surface area contributed by atoms with Gasteiger partial charge in [-0.3, -0.25) is 4.79 Å². The Morgan fingerprint density at radius 2 is 1.96 bits per heavy atom. The average Bonchev–Trinajstić information content (AvgIpc) is 3.11. The highest BCUT2D eigenvalue weighted by molar-refractivity contribution is 5.91. The van der Waals surface area contributed by atoms with Crippen molar-refractivity contribution in [1.29, 1.82) is 0 Å². The van der Waals surface area contributed by atoms with Crippen LogP contribution in [0.25, 0.3) is 0 Å². The molecule has 0 aromatic rings. The highest BCUT2D eigenvalue weighted by Crippen LogP contribution is 2.48. The summed E-state index contributed by atoms with van der Waals surface area (Å²) < 4.78 is 22.5. The van der Waals surface area contributed by atoms with Gasteiger partial charge in [0.05, 0.1) is 17.6 Å². The third-order valence-corrected chi connectivity index (χ3v) is 5.58. The van der Waals surface area contributed by atoms with E-state index in [1.54, 1.807) is 13.0 Å².